The maximum atomic E-state index is 10.6. The van der Waals surface area contributed by atoms with Gasteiger partial charge in [-0.25, -0.2) is 19.4 Å². The van der Waals surface area contributed by atoms with Gasteiger partial charge < -0.3 is 24.8 Å². The summed E-state index contributed by atoms with van der Waals surface area (Å²) in [5.74, 6) is -7.04. The van der Waals surface area contributed by atoms with Gasteiger partial charge in [0.25, 0.3) is 0 Å². The Morgan fingerprint density at radius 1 is 0.844 bits per heavy atom. The molecule has 2 aromatic heterocycles. The van der Waals surface area contributed by atoms with Crippen molar-refractivity contribution in [2.45, 2.75) is 50.1 Å². The van der Waals surface area contributed by atoms with Crippen LogP contribution in [-0.2, 0) is 25.7 Å². The molecule has 1 saturated heterocycles. The van der Waals surface area contributed by atoms with Gasteiger partial charge in [-0.2, -0.15) is 39.5 Å². The number of fused-ring (bicyclic) bond motifs is 1. The van der Waals surface area contributed by atoms with Gasteiger partial charge in [0.15, 0.2) is 0 Å². The minimum atomic E-state index is -5.08. The highest BCUT2D eigenvalue weighted by Crippen LogP contribution is 2.35. The zero-order chi connectivity index (χ0) is 34.4. The average molecular weight is 667 g/mol. The highest BCUT2D eigenvalue weighted by atomic mass is 19.4. The van der Waals surface area contributed by atoms with Gasteiger partial charge in [0, 0.05) is 43.8 Å². The quantitative estimate of drug-likeness (QED) is 0.387. The van der Waals surface area contributed by atoms with Crippen molar-refractivity contribution in [2.24, 2.45) is 5.92 Å². The van der Waals surface area contributed by atoms with Crippen molar-refractivity contribution in [3.63, 3.8) is 0 Å². The van der Waals surface area contributed by atoms with Crippen LogP contribution in [0.2, 0.25) is 0 Å². The second kappa shape index (κ2) is 17.3. The molecule has 45 heavy (non-hydrogen) atoms. The second-order valence-electron chi connectivity index (χ2n) is 9.03. The van der Waals surface area contributed by atoms with Gasteiger partial charge in [0.2, 0.25) is 5.88 Å². The third kappa shape index (κ3) is 15.4. The number of alkyl halides is 9. The summed E-state index contributed by atoms with van der Waals surface area (Å²) in [6, 6.07) is 10.4. The lowest BCUT2D eigenvalue weighted by Gasteiger charge is -2.37. The highest BCUT2D eigenvalue weighted by Gasteiger charge is 2.41. The molecule has 11 nitrogen and oxygen atoms in total. The maximum absolute atomic E-state index is 10.6. The molecule has 2 fully saturated rings. The van der Waals surface area contributed by atoms with E-state index in [-0.39, 0.29) is 0 Å². The van der Waals surface area contributed by atoms with Gasteiger partial charge >= 0.3 is 36.4 Å². The lowest BCUT2D eigenvalue weighted by molar-refractivity contribution is -0.193. The SMILES string of the molecule is O=C(O)C(F)(F)F.O=C(O)C(F)(F)F.O=C(O)C(F)(F)F.c1ccc(OCC2CC3OCCN(Cc4cccnc4)C3C2)nc1. The van der Waals surface area contributed by atoms with E-state index < -0.39 is 36.4 Å². The number of halogens is 9. The summed E-state index contributed by atoms with van der Waals surface area (Å²) in [6.07, 6.45) is -7.18. The lowest BCUT2D eigenvalue weighted by atomic mass is 10.1. The van der Waals surface area contributed by atoms with Gasteiger partial charge in [0.1, 0.15) is 0 Å². The molecule has 1 aliphatic carbocycles. The summed E-state index contributed by atoms with van der Waals surface area (Å²) < 4.78 is 107. The smallest absolute Gasteiger partial charge is 0.477 e. The molecular weight excluding hydrogens is 641 g/mol. The number of hydrogen-bond donors (Lipinski definition) is 3. The monoisotopic (exact) mass is 667 g/mol. The Morgan fingerprint density at radius 2 is 1.40 bits per heavy atom. The summed E-state index contributed by atoms with van der Waals surface area (Å²) in [6.45, 7) is 3.47. The molecule has 2 aliphatic rings. The van der Waals surface area contributed by atoms with E-state index in [4.69, 9.17) is 39.2 Å². The summed E-state index contributed by atoms with van der Waals surface area (Å²) in [7, 11) is 0. The van der Waals surface area contributed by atoms with Crippen molar-refractivity contribution in [1.29, 1.82) is 0 Å². The van der Waals surface area contributed by atoms with Crippen LogP contribution >= 0.6 is 0 Å². The van der Waals surface area contributed by atoms with Crippen LogP contribution in [0.3, 0.4) is 0 Å². The van der Waals surface area contributed by atoms with E-state index in [1.807, 2.05) is 36.7 Å². The number of morpholine rings is 1. The summed E-state index contributed by atoms with van der Waals surface area (Å²) >= 11 is 0. The van der Waals surface area contributed by atoms with Gasteiger partial charge in [0.05, 0.1) is 19.3 Å². The Hall–Kier alpha value is -4.20. The fraction of sp³-hybridized carbons (Fsp3) is 0.480. The number of rotatable bonds is 5. The topological polar surface area (TPSA) is 159 Å². The molecule has 0 bridgehead atoms. The molecule has 0 spiro atoms. The molecule has 4 rings (SSSR count). The molecule has 3 unspecified atom stereocenters. The Balaban J connectivity index is 0.000000396. The number of carbonyl (C=O) groups is 3. The zero-order valence-electron chi connectivity index (χ0n) is 22.7. The van der Waals surface area contributed by atoms with Crippen molar-refractivity contribution in [2.75, 3.05) is 19.8 Å². The number of aromatic nitrogens is 2. The molecule has 2 aromatic rings. The zero-order valence-corrected chi connectivity index (χ0v) is 22.7. The molecule has 3 heterocycles. The Labute approximate surface area is 248 Å². The van der Waals surface area contributed by atoms with Crippen molar-refractivity contribution >= 4 is 17.9 Å². The van der Waals surface area contributed by atoms with Crippen molar-refractivity contribution in [3.05, 3.63) is 54.5 Å². The van der Waals surface area contributed by atoms with E-state index in [1.165, 1.54) is 5.56 Å². The fourth-order valence-electron chi connectivity index (χ4n) is 3.82. The Morgan fingerprint density at radius 3 is 1.84 bits per heavy atom. The molecule has 20 heteroatoms. The lowest BCUT2D eigenvalue weighted by Crippen LogP contribution is -2.47. The van der Waals surface area contributed by atoms with Gasteiger partial charge in [-0.3, -0.25) is 9.88 Å². The van der Waals surface area contributed by atoms with Crippen LogP contribution in [-0.4, -0.2) is 98.5 Å². The van der Waals surface area contributed by atoms with E-state index in [0.717, 1.165) is 32.5 Å². The number of nitrogens with zero attached hydrogens (tertiary/aromatic N) is 3. The van der Waals surface area contributed by atoms with E-state index in [9.17, 15) is 39.5 Å². The fourth-order valence-corrected chi connectivity index (χ4v) is 3.82. The molecule has 3 N–H and O–H groups in total. The molecular formula is C25H26F9N3O8. The summed E-state index contributed by atoms with van der Waals surface area (Å²) in [4.78, 5) is 37.7. The van der Waals surface area contributed by atoms with Crippen LogP contribution < -0.4 is 4.74 Å². The Kier molecular flexibility index (Phi) is 15.0. The minimum absolute atomic E-state index is 0.327. The Bertz CT molecular complexity index is 1140. The molecule has 1 saturated carbocycles. The largest absolute Gasteiger partial charge is 0.490 e. The number of carboxylic acids is 3. The minimum Gasteiger partial charge on any atom is -0.477 e. The van der Waals surface area contributed by atoms with E-state index in [1.54, 1.807) is 6.20 Å². The molecule has 3 atom stereocenters. The standard InChI is InChI=1S/C19H23N3O2.3C2HF3O2/c1-2-7-21-19(5-1)24-14-16-10-17-18(11-16)23-9-8-22(17)13-15-4-3-6-20-12-15;3*3-2(4,5)1(6)7/h1-7,12,16-18H,8-11,13-14H2;3*(H,6,7). The van der Waals surface area contributed by atoms with E-state index in [2.05, 4.69) is 20.9 Å². The number of hydrogen-bond acceptors (Lipinski definition) is 8. The number of carboxylic acid groups (broad SMARTS) is 3. The average Bonchev–Trinajstić information content (AvgIpc) is 3.37. The molecule has 1 aliphatic heterocycles. The molecule has 0 aromatic carbocycles. The van der Waals surface area contributed by atoms with E-state index in [0.29, 0.717) is 30.6 Å². The van der Waals surface area contributed by atoms with Crippen LogP contribution in [0.25, 0.3) is 0 Å². The molecule has 252 valence electrons. The van der Waals surface area contributed by atoms with Crippen LogP contribution in [0.4, 0.5) is 39.5 Å². The van der Waals surface area contributed by atoms with Gasteiger partial charge in [-0.1, -0.05) is 12.1 Å². The number of aliphatic carboxylic acids is 3. The first-order valence-corrected chi connectivity index (χ1v) is 12.4. The second-order valence-corrected chi connectivity index (χ2v) is 9.03. The first kappa shape index (κ1) is 38.8. The predicted octanol–water partition coefficient (Wildman–Crippen LogP) is 4.43. The van der Waals surface area contributed by atoms with E-state index >= 15 is 0 Å². The van der Waals surface area contributed by atoms with Crippen LogP contribution in [0, 0.1) is 5.92 Å². The molecule has 0 amide bonds. The first-order chi connectivity index (χ1) is 20.7. The van der Waals surface area contributed by atoms with Gasteiger partial charge in [-0.05, 0) is 36.5 Å². The third-order valence-corrected chi connectivity index (χ3v) is 5.69. The number of ether oxygens (including phenoxy) is 2. The molecule has 0 radical (unpaired) electrons. The maximum Gasteiger partial charge on any atom is 0.490 e. The first-order valence-electron chi connectivity index (χ1n) is 12.4. The number of pyridine rings is 2. The van der Waals surface area contributed by atoms with Crippen LogP contribution in [0.15, 0.2) is 48.9 Å². The van der Waals surface area contributed by atoms with Crippen molar-refractivity contribution < 1.29 is 78.7 Å². The van der Waals surface area contributed by atoms with Crippen molar-refractivity contribution in [1.82, 2.24) is 14.9 Å². The van der Waals surface area contributed by atoms with Crippen molar-refractivity contribution in [3.8, 4) is 5.88 Å². The van der Waals surface area contributed by atoms with Crippen LogP contribution in [0.5, 0.6) is 5.88 Å². The van der Waals surface area contributed by atoms with Crippen LogP contribution in [0.1, 0.15) is 18.4 Å². The summed E-state index contributed by atoms with van der Waals surface area (Å²) in [5.41, 5.74) is 1.27. The predicted molar refractivity (Wildman–Crippen MR) is 132 cm³/mol. The highest BCUT2D eigenvalue weighted by molar-refractivity contribution is 5.73. The normalized spacial score (nSPS) is 19.6. The third-order valence-electron chi connectivity index (χ3n) is 5.69. The van der Waals surface area contributed by atoms with Gasteiger partial charge in [-0.15, -0.1) is 0 Å². The summed E-state index contributed by atoms with van der Waals surface area (Å²) in [5, 5.41) is 21.4.